The first-order chi connectivity index (χ1) is 12.6. The number of anilines is 1. The van der Waals surface area contributed by atoms with Gasteiger partial charge in [-0.15, -0.1) is 0 Å². The van der Waals surface area contributed by atoms with Crippen molar-refractivity contribution in [1.29, 1.82) is 0 Å². The average molecular weight is 393 g/mol. The van der Waals surface area contributed by atoms with Crippen LogP contribution >= 0.6 is 23.2 Å². The molecule has 26 heavy (non-hydrogen) atoms. The van der Waals surface area contributed by atoms with Gasteiger partial charge < -0.3 is 10.2 Å². The predicted molar refractivity (Wildman–Crippen MR) is 105 cm³/mol. The summed E-state index contributed by atoms with van der Waals surface area (Å²) in [6.45, 7) is 2.47. The highest BCUT2D eigenvalue weighted by atomic mass is 35.5. The van der Waals surface area contributed by atoms with Gasteiger partial charge in [-0.05, 0) is 37.0 Å². The van der Waals surface area contributed by atoms with E-state index in [-0.39, 0.29) is 5.91 Å². The minimum atomic E-state index is -0.231. The number of halogens is 2. The van der Waals surface area contributed by atoms with Crippen LogP contribution in [0.4, 0.5) is 5.82 Å². The number of nitrogens with one attached hydrogen (secondary N) is 1. The van der Waals surface area contributed by atoms with Crippen molar-refractivity contribution in [2.24, 2.45) is 0 Å². The zero-order valence-corrected chi connectivity index (χ0v) is 16.1. The standard InChI is InChI=1S/C19H22Cl2N4O/c20-15-6-5-14(16(21)11-15)7-8-22-19(26)17-12-24-18(13-23-17)25-9-3-1-2-4-10-25/h5-6,11-13H,1-4,7-10H2,(H,22,26). The van der Waals surface area contributed by atoms with Crippen LogP contribution in [-0.2, 0) is 6.42 Å². The molecule has 5 nitrogen and oxygen atoms in total. The number of hydrogen-bond donors (Lipinski definition) is 1. The van der Waals surface area contributed by atoms with Crippen molar-refractivity contribution in [3.05, 3.63) is 51.9 Å². The van der Waals surface area contributed by atoms with Crippen molar-refractivity contribution in [2.45, 2.75) is 32.1 Å². The van der Waals surface area contributed by atoms with E-state index >= 15 is 0 Å². The molecule has 0 aliphatic carbocycles. The van der Waals surface area contributed by atoms with Crippen LogP contribution < -0.4 is 10.2 Å². The average Bonchev–Trinajstić information content (AvgIpc) is 2.93. The normalized spacial score (nSPS) is 14.8. The highest BCUT2D eigenvalue weighted by Gasteiger charge is 2.13. The van der Waals surface area contributed by atoms with Crippen LogP contribution in [0.25, 0.3) is 0 Å². The van der Waals surface area contributed by atoms with Crippen molar-refractivity contribution in [1.82, 2.24) is 15.3 Å². The Labute approximate surface area is 163 Å². The van der Waals surface area contributed by atoms with Gasteiger partial charge in [0.2, 0.25) is 0 Å². The summed E-state index contributed by atoms with van der Waals surface area (Å²) in [6.07, 6.45) is 8.75. The summed E-state index contributed by atoms with van der Waals surface area (Å²) >= 11 is 12.0. The summed E-state index contributed by atoms with van der Waals surface area (Å²) in [5.41, 5.74) is 1.27. The number of hydrogen-bond acceptors (Lipinski definition) is 4. The maximum Gasteiger partial charge on any atom is 0.271 e. The summed E-state index contributed by atoms with van der Waals surface area (Å²) in [7, 11) is 0. The number of benzene rings is 1. The molecule has 1 aliphatic heterocycles. The van der Waals surface area contributed by atoms with Crippen LogP contribution in [0.15, 0.2) is 30.6 Å². The molecule has 1 saturated heterocycles. The Morgan fingerprint density at radius 1 is 1.08 bits per heavy atom. The molecule has 0 radical (unpaired) electrons. The summed E-state index contributed by atoms with van der Waals surface area (Å²) in [6, 6.07) is 5.36. The molecule has 0 unspecified atom stereocenters. The number of rotatable bonds is 5. The van der Waals surface area contributed by atoms with Crippen molar-refractivity contribution in [2.75, 3.05) is 24.5 Å². The molecule has 2 heterocycles. The van der Waals surface area contributed by atoms with Gasteiger partial charge in [0.1, 0.15) is 11.5 Å². The van der Waals surface area contributed by atoms with Crippen LogP contribution in [0.1, 0.15) is 41.7 Å². The zero-order chi connectivity index (χ0) is 18.4. The minimum absolute atomic E-state index is 0.231. The first-order valence-corrected chi connectivity index (χ1v) is 9.68. The Morgan fingerprint density at radius 3 is 2.50 bits per heavy atom. The fraction of sp³-hybridized carbons (Fsp3) is 0.421. The molecule has 1 aromatic carbocycles. The number of aromatic nitrogens is 2. The van der Waals surface area contributed by atoms with Crippen molar-refractivity contribution >= 4 is 34.9 Å². The number of carbonyl (C=O) groups is 1. The van der Waals surface area contributed by atoms with Gasteiger partial charge >= 0.3 is 0 Å². The van der Waals surface area contributed by atoms with Gasteiger partial charge in [-0.2, -0.15) is 0 Å². The van der Waals surface area contributed by atoms with E-state index in [1.165, 1.54) is 25.7 Å². The smallest absolute Gasteiger partial charge is 0.271 e. The Hall–Kier alpha value is -1.85. The molecule has 7 heteroatoms. The van der Waals surface area contributed by atoms with Crippen LogP contribution in [0, 0.1) is 0 Å². The van der Waals surface area contributed by atoms with E-state index in [0.717, 1.165) is 24.5 Å². The third kappa shape index (κ3) is 5.08. The van der Waals surface area contributed by atoms with Gasteiger partial charge in [0.15, 0.2) is 0 Å². The Morgan fingerprint density at radius 2 is 1.85 bits per heavy atom. The van der Waals surface area contributed by atoms with Gasteiger partial charge in [-0.25, -0.2) is 9.97 Å². The third-order valence-corrected chi connectivity index (χ3v) is 5.08. The molecular formula is C19H22Cl2N4O. The first-order valence-electron chi connectivity index (χ1n) is 8.92. The molecule has 1 aliphatic rings. The summed E-state index contributed by atoms with van der Waals surface area (Å²) in [5.74, 6) is 0.612. The topological polar surface area (TPSA) is 58.1 Å². The molecule has 3 rings (SSSR count). The summed E-state index contributed by atoms with van der Waals surface area (Å²) in [5, 5.41) is 4.06. The quantitative estimate of drug-likeness (QED) is 0.830. The lowest BCUT2D eigenvalue weighted by atomic mass is 10.1. The Kier molecular flexibility index (Phi) is 6.69. The van der Waals surface area contributed by atoms with Crippen LogP contribution in [-0.4, -0.2) is 35.5 Å². The molecule has 2 aromatic rings. The number of nitrogens with zero attached hydrogens (tertiary/aromatic N) is 3. The van der Waals surface area contributed by atoms with Crippen LogP contribution in [0.2, 0.25) is 10.0 Å². The molecule has 1 fully saturated rings. The molecule has 1 amide bonds. The number of carbonyl (C=O) groups excluding carboxylic acids is 1. The van der Waals surface area contributed by atoms with Gasteiger partial charge in [0, 0.05) is 29.7 Å². The Balaban J connectivity index is 1.53. The van der Waals surface area contributed by atoms with E-state index in [1.54, 1.807) is 24.5 Å². The molecule has 0 bridgehead atoms. The SMILES string of the molecule is O=C(NCCc1ccc(Cl)cc1Cl)c1cnc(N2CCCCCC2)cn1. The van der Waals surface area contributed by atoms with Crippen molar-refractivity contribution in [3.63, 3.8) is 0 Å². The second kappa shape index (κ2) is 9.19. The molecule has 0 saturated carbocycles. The molecular weight excluding hydrogens is 371 g/mol. The third-order valence-electron chi connectivity index (χ3n) is 4.50. The second-order valence-corrected chi connectivity index (χ2v) is 7.25. The molecule has 0 atom stereocenters. The number of amides is 1. The van der Waals surface area contributed by atoms with E-state index in [4.69, 9.17) is 23.2 Å². The van der Waals surface area contributed by atoms with E-state index in [0.29, 0.717) is 28.7 Å². The lowest BCUT2D eigenvalue weighted by Crippen LogP contribution is -2.28. The Bertz CT molecular complexity index is 744. The molecule has 0 spiro atoms. The van der Waals surface area contributed by atoms with E-state index in [1.807, 2.05) is 6.07 Å². The molecule has 1 N–H and O–H groups in total. The monoisotopic (exact) mass is 392 g/mol. The minimum Gasteiger partial charge on any atom is -0.355 e. The maximum absolute atomic E-state index is 12.2. The largest absolute Gasteiger partial charge is 0.355 e. The van der Waals surface area contributed by atoms with Gasteiger partial charge in [0.25, 0.3) is 5.91 Å². The van der Waals surface area contributed by atoms with Gasteiger partial charge in [-0.3, -0.25) is 4.79 Å². The lowest BCUT2D eigenvalue weighted by molar-refractivity contribution is 0.0949. The van der Waals surface area contributed by atoms with Gasteiger partial charge in [0.05, 0.1) is 12.4 Å². The fourth-order valence-electron chi connectivity index (χ4n) is 3.03. The predicted octanol–water partition coefficient (Wildman–Crippen LogP) is 4.14. The van der Waals surface area contributed by atoms with E-state index in [2.05, 4.69) is 20.2 Å². The van der Waals surface area contributed by atoms with Crippen molar-refractivity contribution < 1.29 is 4.79 Å². The molecule has 138 valence electrons. The van der Waals surface area contributed by atoms with E-state index in [9.17, 15) is 4.79 Å². The first kappa shape index (κ1) is 18.9. The highest BCUT2D eigenvalue weighted by molar-refractivity contribution is 6.35. The van der Waals surface area contributed by atoms with Gasteiger partial charge in [-0.1, -0.05) is 42.1 Å². The van der Waals surface area contributed by atoms with E-state index < -0.39 is 0 Å². The summed E-state index contributed by atoms with van der Waals surface area (Å²) in [4.78, 5) is 23.2. The molecule has 1 aromatic heterocycles. The highest BCUT2D eigenvalue weighted by Crippen LogP contribution is 2.21. The second-order valence-electron chi connectivity index (χ2n) is 6.40. The van der Waals surface area contributed by atoms with Crippen LogP contribution in [0.5, 0.6) is 0 Å². The fourth-order valence-corrected chi connectivity index (χ4v) is 3.53. The summed E-state index contributed by atoms with van der Waals surface area (Å²) < 4.78 is 0. The zero-order valence-electron chi connectivity index (χ0n) is 14.5. The maximum atomic E-state index is 12.2. The lowest BCUT2D eigenvalue weighted by Gasteiger charge is -2.20. The van der Waals surface area contributed by atoms with Crippen LogP contribution in [0.3, 0.4) is 0 Å². The van der Waals surface area contributed by atoms with Crippen molar-refractivity contribution in [3.8, 4) is 0 Å².